The molecule has 68 heavy (non-hydrogen) atoms. The first-order valence-corrected chi connectivity index (χ1v) is 24.9. The maximum absolute atomic E-state index is 6.68. The van der Waals surface area contributed by atoms with Crippen molar-refractivity contribution in [3.63, 3.8) is 0 Å². The summed E-state index contributed by atoms with van der Waals surface area (Å²) in [6.45, 7) is 20.8. The third kappa shape index (κ3) is 5.99. The molecule has 5 heterocycles. The van der Waals surface area contributed by atoms with Gasteiger partial charge in [-0.3, -0.25) is 0 Å². The van der Waals surface area contributed by atoms with Crippen LogP contribution in [-0.4, -0.2) is 11.3 Å². The van der Waals surface area contributed by atoms with Crippen molar-refractivity contribution in [1.82, 2.24) is 4.57 Å². The largest absolute Gasteiger partial charge is 0.456 e. The van der Waals surface area contributed by atoms with Crippen LogP contribution in [0.5, 0.6) is 0 Å². The van der Waals surface area contributed by atoms with Crippen LogP contribution >= 0.6 is 11.3 Å². The van der Waals surface area contributed by atoms with Gasteiger partial charge in [-0.1, -0.05) is 153 Å². The Morgan fingerprint density at radius 1 is 0.456 bits per heavy atom. The Kier molecular flexibility index (Phi) is 8.64. The normalized spacial score (nSPS) is 13.6. The molecular formula is C62H54BN3OS. The van der Waals surface area contributed by atoms with Crippen LogP contribution in [0, 0.1) is 0 Å². The second kappa shape index (κ2) is 14.3. The molecule has 3 aromatic heterocycles. The molecular weight excluding hydrogens is 846 g/mol. The lowest BCUT2D eigenvalue weighted by Gasteiger charge is -2.42. The predicted octanol–water partition coefficient (Wildman–Crippen LogP) is 15.9. The van der Waals surface area contributed by atoms with E-state index in [2.05, 4.69) is 240 Å². The number of aromatic nitrogens is 1. The molecule has 0 amide bonds. The Bertz CT molecular complexity index is 3810. The van der Waals surface area contributed by atoms with E-state index in [-0.39, 0.29) is 23.0 Å². The fourth-order valence-corrected chi connectivity index (χ4v) is 12.5. The van der Waals surface area contributed by atoms with Gasteiger partial charge in [-0.25, -0.2) is 0 Å². The van der Waals surface area contributed by atoms with Crippen molar-refractivity contribution in [3.8, 4) is 5.69 Å². The lowest BCUT2D eigenvalue weighted by atomic mass is 9.33. The molecule has 0 spiro atoms. The highest BCUT2D eigenvalue weighted by Gasteiger charge is 2.44. The Hall–Kier alpha value is -7.02. The van der Waals surface area contributed by atoms with Gasteiger partial charge in [0.05, 0.1) is 26.8 Å². The molecule has 0 saturated carbocycles. The van der Waals surface area contributed by atoms with E-state index in [0.29, 0.717) is 0 Å². The minimum atomic E-state index is -0.141. The summed E-state index contributed by atoms with van der Waals surface area (Å²) >= 11 is 1.92. The summed E-state index contributed by atoms with van der Waals surface area (Å²) in [5, 5.41) is 4.86. The molecule has 332 valence electrons. The summed E-state index contributed by atoms with van der Waals surface area (Å²) in [4.78, 5) is 5.04. The standard InChI is InChI=1S/C62H54BN3OS/c1-60(2,3)37-24-28-40(29-25-37)64(41-30-26-38(27-31-41)61(4,5)6)42-32-33-46-49(36-42)65(48-20-15-22-53-55(48)43-16-10-12-21-52(43)67-53)50-34-39(62(7,8)9)35-51-56(50)63(46)47-19-14-18-45-57(47)66(51)58-44-17-11-13-23-54(44)68-59(45)58/h10-36H,1-9H3. The highest BCUT2D eigenvalue weighted by atomic mass is 32.1. The molecule has 0 bridgehead atoms. The Labute approximate surface area is 403 Å². The molecule has 2 aliphatic rings. The third-order valence-electron chi connectivity index (χ3n) is 14.8. The number of hydrogen-bond donors (Lipinski definition) is 0. The second-order valence-electron chi connectivity index (χ2n) is 22.2. The van der Waals surface area contributed by atoms with Gasteiger partial charge in [0.1, 0.15) is 11.2 Å². The van der Waals surface area contributed by atoms with Crippen LogP contribution in [0.4, 0.5) is 34.1 Å². The van der Waals surface area contributed by atoms with E-state index >= 15 is 0 Å². The fourth-order valence-electron chi connectivity index (χ4n) is 11.3. The lowest BCUT2D eigenvalue weighted by Crippen LogP contribution is -2.60. The maximum Gasteiger partial charge on any atom is 0.252 e. The predicted molar refractivity (Wildman–Crippen MR) is 294 cm³/mol. The number of benzene rings is 8. The number of para-hydroxylation sites is 2. The second-order valence-corrected chi connectivity index (χ2v) is 23.3. The average molecular weight is 900 g/mol. The van der Waals surface area contributed by atoms with Crippen LogP contribution in [0.3, 0.4) is 0 Å². The molecule has 0 unspecified atom stereocenters. The summed E-state index contributed by atoms with van der Waals surface area (Å²) in [6, 6.07) is 61.8. The Morgan fingerprint density at radius 2 is 1.04 bits per heavy atom. The summed E-state index contributed by atoms with van der Waals surface area (Å²) in [6.07, 6.45) is 0. The topological polar surface area (TPSA) is 24.6 Å². The molecule has 0 aliphatic carbocycles. The van der Waals surface area contributed by atoms with Crippen LogP contribution < -0.4 is 26.2 Å². The average Bonchev–Trinajstić information content (AvgIpc) is 3.99. The van der Waals surface area contributed by atoms with Crippen molar-refractivity contribution in [3.05, 3.63) is 180 Å². The lowest BCUT2D eigenvalue weighted by molar-refractivity contribution is 0.590. The first-order valence-electron chi connectivity index (χ1n) is 24.1. The van der Waals surface area contributed by atoms with Crippen LogP contribution in [0.15, 0.2) is 168 Å². The molecule has 0 fully saturated rings. The number of fused-ring (bicyclic) bond motifs is 12. The van der Waals surface area contributed by atoms with Crippen molar-refractivity contribution >= 4 is 122 Å². The molecule has 8 aromatic carbocycles. The summed E-state index contributed by atoms with van der Waals surface area (Å²) in [5.74, 6) is 0. The Morgan fingerprint density at radius 3 is 1.74 bits per heavy atom. The van der Waals surface area contributed by atoms with E-state index in [0.717, 1.165) is 44.7 Å². The number of hydrogen-bond acceptors (Lipinski definition) is 4. The minimum Gasteiger partial charge on any atom is -0.456 e. The van der Waals surface area contributed by atoms with Gasteiger partial charge in [0.25, 0.3) is 6.71 Å². The number of furan rings is 1. The number of nitrogens with zero attached hydrogens (tertiary/aromatic N) is 3. The molecule has 0 saturated heterocycles. The molecule has 0 N–H and O–H groups in total. The van der Waals surface area contributed by atoms with Gasteiger partial charge >= 0.3 is 0 Å². The molecule has 13 rings (SSSR count). The molecule has 0 atom stereocenters. The number of anilines is 6. The zero-order valence-electron chi connectivity index (χ0n) is 40.3. The van der Waals surface area contributed by atoms with Crippen LogP contribution in [0.25, 0.3) is 58.8 Å². The molecule has 11 aromatic rings. The monoisotopic (exact) mass is 899 g/mol. The van der Waals surface area contributed by atoms with Crippen molar-refractivity contribution in [2.24, 2.45) is 0 Å². The van der Waals surface area contributed by atoms with Gasteiger partial charge in [-0.05, 0) is 122 Å². The van der Waals surface area contributed by atoms with Crippen molar-refractivity contribution < 1.29 is 4.42 Å². The maximum atomic E-state index is 6.68. The van der Waals surface area contributed by atoms with Crippen molar-refractivity contribution in [2.45, 2.75) is 78.6 Å². The molecule has 6 heteroatoms. The highest BCUT2D eigenvalue weighted by molar-refractivity contribution is 7.26. The molecule has 4 nitrogen and oxygen atoms in total. The fraction of sp³-hybridized carbons (Fsp3) is 0.194. The van der Waals surface area contributed by atoms with E-state index in [1.165, 1.54) is 81.3 Å². The van der Waals surface area contributed by atoms with E-state index < -0.39 is 0 Å². The summed E-state index contributed by atoms with van der Waals surface area (Å²) in [5.41, 5.74) is 20.3. The van der Waals surface area contributed by atoms with Gasteiger partial charge in [0.2, 0.25) is 0 Å². The van der Waals surface area contributed by atoms with Gasteiger partial charge in [-0.2, -0.15) is 0 Å². The number of rotatable bonds is 4. The van der Waals surface area contributed by atoms with E-state index in [1.807, 2.05) is 11.3 Å². The van der Waals surface area contributed by atoms with Crippen molar-refractivity contribution in [1.29, 1.82) is 0 Å². The number of thiophene rings is 1. The first kappa shape index (κ1) is 41.2. The minimum absolute atomic E-state index is 0.00771. The SMILES string of the molecule is CC(C)(C)c1ccc(N(c2ccc(C(C)(C)C)cc2)c2ccc3c(c2)N(c2cccc4oc5ccccc5c24)c2cc(C(C)(C)C)cc4c2B3c2cccc3c5sc6ccccc6c5n-4c23)cc1. The first-order chi connectivity index (χ1) is 32.6. The van der Waals surface area contributed by atoms with Gasteiger partial charge in [0.15, 0.2) is 0 Å². The quantitative estimate of drug-likeness (QED) is 0.165. The van der Waals surface area contributed by atoms with Gasteiger partial charge in [0, 0.05) is 55.0 Å². The van der Waals surface area contributed by atoms with Crippen LogP contribution in [0.2, 0.25) is 0 Å². The van der Waals surface area contributed by atoms with E-state index in [1.54, 1.807) is 0 Å². The zero-order valence-corrected chi connectivity index (χ0v) is 41.1. The van der Waals surface area contributed by atoms with Gasteiger partial charge < -0.3 is 18.8 Å². The molecule has 2 aliphatic heterocycles. The smallest absolute Gasteiger partial charge is 0.252 e. The third-order valence-corrected chi connectivity index (χ3v) is 16.0. The van der Waals surface area contributed by atoms with Crippen LogP contribution in [-0.2, 0) is 16.2 Å². The molecule has 0 radical (unpaired) electrons. The Balaban J connectivity index is 1.15. The summed E-state index contributed by atoms with van der Waals surface area (Å²) < 4.78 is 12.0. The van der Waals surface area contributed by atoms with Crippen LogP contribution in [0.1, 0.15) is 79.0 Å². The zero-order chi connectivity index (χ0) is 46.6. The highest BCUT2D eigenvalue weighted by Crippen LogP contribution is 2.50. The van der Waals surface area contributed by atoms with Gasteiger partial charge in [-0.15, -0.1) is 11.3 Å². The summed E-state index contributed by atoms with van der Waals surface area (Å²) in [7, 11) is 0. The van der Waals surface area contributed by atoms with E-state index in [9.17, 15) is 0 Å². The van der Waals surface area contributed by atoms with Crippen molar-refractivity contribution in [2.75, 3.05) is 9.80 Å². The van der Waals surface area contributed by atoms with E-state index in [4.69, 9.17) is 4.42 Å².